The molecule has 3 atom stereocenters. The minimum absolute atomic E-state index is 0.0369. The van der Waals surface area contributed by atoms with Crippen molar-refractivity contribution in [2.75, 3.05) is 13.1 Å². The van der Waals surface area contributed by atoms with Gasteiger partial charge >= 0.3 is 0 Å². The van der Waals surface area contributed by atoms with E-state index in [1.807, 2.05) is 37.3 Å². The van der Waals surface area contributed by atoms with Crippen LogP contribution in [0.15, 0.2) is 30.3 Å². The summed E-state index contributed by atoms with van der Waals surface area (Å²) in [6.45, 7) is 3.56. The maximum atomic E-state index is 12.6. The monoisotopic (exact) mass is 315 g/mol. The van der Waals surface area contributed by atoms with E-state index in [1.54, 1.807) is 4.90 Å². The summed E-state index contributed by atoms with van der Waals surface area (Å²) in [5.74, 6) is 0.0534. The molecule has 2 aliphatic rings. The first kappa shape index (κ1) is 16.0. The third-order valence-corrected chi connectivity index (χ3v) is 4.86. The smallest absolute Gasteiger partial charge is 0.243 e. The van der Waals surface area contributed by atoms with Gasteiger partial charge in [0.2, 0.25) is 11.8 Å². The van der Waals surface area contributed by atoms with Gasteiger partial charge in [0.1, 0.15) is 6.04 Å². The van der Waals surface area contributed by atoms with E-state index in [9.17, 15) is 9.59 Å². The molecule has 2 N–H and O–H groups in total. The van der Waals surface area contributed by atoms with Gasteiger partial charge in [-0.15, -0.1) is 0 Å². The minimum atomic E-state index is -0.323. The van der Waals surface area contributed by atoms with Crippen molar-refractivity contribution < 1.29 is 9.59 Å². The molecule has 1 aromatic carbocycles. The maximum absolute atomic E-state index is 12.6. The van der Waals surface area contributed by atoms with Crippen LogP contribution >= 0.6 is 0 Å². The number of nitrogens with zero attached hydrogens (tertiary/aromatic N) is 1. The van der Waals surface area contributed by atoms with E-state index in [0.29, 0.717) is 6.54 Å². The Balaban J connectivity index is 1.62. The summed E-state index contributed by atoms with van der Waals surface area (Å²) in [6.07, 6.45) is 3.57. The molecular formula is C18H25N3O2. The summed E-state index contributed by atoms with van der Waals surface area (Å²) in [5.41, 5.74) is 1.08. The normalized spacial score (nSPS) is 25.3. The lowest BCUT2D eigenvalue weighted by Crippen LogP contribution is -2.51. The van der Waals surface area contributed by atoms with E-state index in [1.165, 1.54) is 0 Å². The van der Waals surface area contributed by atoms with Crippen molar-refractivity contribution in [1.82, 2.24) is 15.5 Å². The number of nitrogens with one attached hydrogen (secondary N) is 2. The molecule has 2 saturated heterocycles. The number of carbonyl (C=O) groups is 2. The molecule has 23 heavy (non-hydrogen) atoms. The highest BCUT2D eigenvalue weighted by molar-refractivity contribution is 5.90. The average molecular weight is 315 g/mol. The third-order valence-electron chi connectivity index (χ3n) is 4.86. The third kappa shape index (κ3) is 3.55. The fraction of sp³-hybridized carbons (Fsp3) is 0.556. The van der Waals surface area contributed by atoms with Crippen LogP contribution in [0.2, 0.25) is 0 Å². The number of carbonyl (C=O) groups excluding carboxylic acids is 2. The molecule has 0 aliphatic carbocycles. The Morgan fingerprint density at radius 2 is 2.00 bits per heavy atom. The predicted octanol–water partition coefficient (Wildman–Crippen LogP) is 1.61. The second-order valence-electron chi connectivity index (χ2n) is 6.48. The van der Waals surface area contributed by atoms with E-state index in [0.717, 1.165) is 37.8 Å². The van der Waals surface area contributed by atoms with Gasteiger partial charge < -0.3 is 15.5 Å². The molecule has 124 valence electrons. The van der Waals surface area contributed by atoms with Gasteiger partial charge in [0, 0.05) is 6.54 Å². The van der Waals surface area contributed by atoms with Gasteiger partial charge in [0.25, 0.3) is 0 Å². The number of benzene rings is 1. The van der Waals surface area contributed by atoms with Gasteiger partial charge in [-0.25, -0.2) is 0 Å². The molecule has 0 aromatic heterocycles. The van der Waals surface area contributed by atoms with Crippen molar-refractivity contribution in [1.29, 1.82) is 0 Å². The summed E-state index contributed by atoms with van der Waals surface area (Å²) in [7, 11) is 0. The number of hydrogen-bond acceptors (Lipinski definition) is 3. The van der Waals surface area contributed by atoms with Crippen molar-refractivity contribution >= 4 is 11.8 Å². The maximum Gasteiger partial charge on any atom is 0.243 e. The number of hydrogen-bond donors (Lipinski definition) is 2. The van der Waals surface area contributed by atoms with Crippen LogP contribution in [0.25, 0.3) is 0 Å². The van der Waals surface area contributed by atoms with Crippen LogP contribution in [0.4, 0.5) is 0 Å². The standard InChI is InChI=1S/C18H25N3O2/c1-13(14-7-3-2-4-8-14)20-17(22)16-10-6-12-21(16)18(23)15-9-5-11-19-15/h2-4,7-8,13,15-16,19H,5-6,9-12H2,1H3,(H,20,22)/t13-,15-,16+/m0/s1. The zero-order chi connectivity index (χ0) is 16.2. The zero-order valence-corrected chi connectivity index (χ0v) is 13.6. The molecule has 0 spiro atoms. The first-order valence-corrected chi connectivity index (χ1v) is 8.56. The molecule has 5 nitrogen and oxygen atoms in total. The van der Waals surface area contributed by atoms with Crippen LogP contribution < -0.4 is 10.6 Å². The molecule has 2 fully saturated rings. The Kier molecular flexibility index (Phi) is 4.96. The van der Waals surface area contributed by atoms with Crippen LogP contribution in [0, 0.1) is 0 Å². The highest BCUT2D eigenvalue weighted by Gasteiger charge is 2.38. The number of likely N-dealkylation sites (tertiary alicyclic amines) is 1. The van der Waals surface area contributed by atoms with Crippen molar-refractivity contribution in [2.45, 2.75) is 50.7 Å². The van der Waals surface area contributed by atoms with E-state index in [-0.39, 0.29) is 29.9 Å². The second-order valence-corrected chi connectivity index (χ2v) is 6.48. The fourth-order valence-corrected chi connectivity index (χ4v) is 3.53. The van der Waals surface area contributed by atoms with E-state index in [4.69, 9.17) is 0 Å². The summed E-state index contributed by atoms with van der Waals surface area (Å²) in [4.78, 5) is 27.0. The quantitative estimate of drug-likeness (QED) is 0.887. The van der Waals surface area contributed by atoms with E-state index >= 15 is 0 Å². The molecular weight excluding hydrogens is 290 g/mol. The molecule has 2 amide bonds. The van der Waals surface area contributed by atoms with Crippen LogP contribution in [0.1, 0.15) is 44.2 Å². The van der Waals surface area contributed by atoms with Gasteiger partial charge in [0.05, 0.1) is 12.1 Å². The second kappa shape index (κ2) is 7.13. The van der Waals surface area contributed by atoms with Gasteiger partial charge in [-0.1, -0.05) is 30.3 Å². The van der Waals surface area contributed by atoms with Crippen molar-refractivity contribution in [3.8, 4) is 0 Å². The Morgan fingerprint density at radius 1 is 1.22 bits per heavy atom. The minimum Gasteiger partial charge on any atom is -0.348 e. The average Bonchev–Trinajstić information content (AvgIpc) is 3.26. The fourth-order valence-electron chi connectivity index (χ4n) is 3.53. The van der Waals surface area contributed by atoms with Gasteiger partial charge in [-0.05, 0) is 44.7 Å². The Bertz CT molecular complexity index is 555. The highest BCUT2D eigenvalue weighted by Crippen LogP contribution is 2.22. The first-order chi connectivity index (χ1) is 11.2. The lowest BCUT2D eigenvalue weighted by Gasteiger charge is -2.28. The Hall–Kier alpha value is -1.88. The number of amides is 2. The highest BCUT2D eigenvalue weighted by atomic mass is 16.2. The van der Waals surface area contributed by atoms with E-state index < -0.39 is 0 Å². The van der Waals surface area contributed by atoms with Crippen molar-refractivity contribution in [3.63, 3.8) is 0 Å². The summed E-state index contributed by atoms with van der Waals surface area (Å²) >= 11 is 0. The summed E-state index contributed by atoms with van der Waals surface area (Å²) < 4.78 is 0. The van der Waals surface area contributed by atoms with E-state index in [2.05, 4.69) is 10.6 Å². The molecule has 2 aliphatic heterocycles. The lowest BCUT2D eigenvalue weighted by atomic mass is 10.1. The molecule has 2 heterocycles. The van der Waals surface area contributed by atoms with Crippen LogP contribution in [-0.2, 0) is 9.59 Å². The van der Waals surface area contributed by atoms with Crippen molar-refractivity contribution in [2.24, 2.45) is 0 Å². The topological polar surface area (TPSA) is 61.4 Å². The van der Waals surface area contributed by atoms with Crippen LogP contribution in [-0.4, -0.2) is 41.9 Å². The molecule has 0 saturated carbocycles. The molecule has 0 bridgehead atoms. The largest absolute Gasteiger partial charge is 0.348 e. The first-order valence-electron chi connectivity index (χ1n) is 8.56. The summed E-state index contributed by atoms with van der Waals surface area (Å²) in [6, 6.07) is 9.43. The number of rotatable bonds is 4. The van der Waals surface area contributed by atoms with Crippen molar-refractivity contribution in [3.05, 3.63) is 35.9 Å². The predicted molar refractivity (Wildman–Crippen MR) is 88.8 cm³/mol. The van der Waals surface area contributed by atoms with Gasteiger partial charge in [-0.3, -0.25) is 9.59 Å². The molecule has 0 unspecified atom stereocenters. The molecule has 0 radical (unpaired) electrons. The van der Waals surface area contributed by atoms with Gasteiger partial charge in [0.15, 0.2) is 0 Å². The SMILES string of the molecule is C[C@H](NC(=O)[C@H]1CCCN1C(=O)[C@@H]1CCCN1)c1ccccc1. The molecule has 1 aromatic rings. The summed E-state index contributed by atoms with van der Waals surface area (Å²) in [5, 5.41) is 6.30. The molecule has 3 rings (SSSR count). The molecule has 5 heteroatoms. The van der Waals surface area contributed by atoms with Gasteiger partial charge in [-0.2, -0.15) is 0 Å². The zero-order valence-electron chi connectivity index (χ0n) is 13.6. The van der Waals surface area contributed by atoms with Crippen LogP contribution in [0.3, 0.4) is 0 Å². The lowest BCUT2D eigenvalue weighted by molar-refractivity contribution is -0.140. The van der Waals surface area contributed by atoms with Crippen LogP contribution in [0.5, 0.6) is 0 Å². The Morgan fingerprint density at radius 3 is 2.70 bits per heavy atom. The Labute approximate surface area is 137 Å².